The molecule has 0 spiro atoms. The van der Waals surface area contributed by atoms with E-state index in [1.165, 1.54) is 6.07 Å². The normalized spacial score (nSPS) is 23.8. The third-order valence-corrected chi connectivity index (χ3v) is 4.00. The molecule has 0 aromatic heterocycles. The summed E-state index contributed by atoms with van der Waals surface area (Å²) in [5.74, 6) is 4.63. The number of amides is 1. The Labute approximate surface area is 129 Å². The maximum absolute atomic E-state index is 13.7. The van der Waals surface area contributed by atoms with Crippen LogP contribution in [0.25, 0.3) is 0 Å². The first-order valence-electron chi connectivity index (χ1n) is 6.63. The van der Waals surface area contributed by atoms with E-state index < -0.39 is 17.9 Å². The van der Waals surface area contributed by atoms with Crippen LogP contribution in [-0.2, 0) is 10.3 Å². The van der Waals surface area contributed by atoms with Gasteiger partial charge in [0.15, 0.2) is 0 Å². The van der Waals surface area contributed by atoms with Gasteiger partial charge in [-0.1, -0.05) is 17.5 Å². The minimum absolute atomic E-state index is 0.0144. The van der Waals surface area contributed by atoms with E-state index in [4.69, 9.17) is 11.6 Å². The summed E-state index contributed by atoms with van der Waals surface area (Å²) in [4.78, 5) is 11.6. The Morgan fingerprint density at radius 3 is 2.68 bits per heavy atom. The number of aryl methyl sites for hydroxylation is 1. The second-order valence-corrected chi connectivity index (χ2v) is 5.79. The van der Waals surface area contributed by atoms with Gasteiger partial charge in [-0.15, -0.1) is 0 Å². The van der Waals surface area contributed by atoms with Crippen LogP contribution in [0.5, 0.6) is 0 Å². The average Bonchev–Trinajstić information content (AvgIpc) is 3.21. The molecule has 3 rings (SSSR count). The largest absolute Gasteiger partial charge is 0.445 e. The van der Waals surface area contributed by atoms with Crippen LogP contribution < -0.4 is 5.32 Å². The first-order chi connectivity index (χ1) is 10.2. The Bertz CT molecular complexity index is 716. The molecule has 2 aliphatic rings. The van der Waals surface area contributed by atoms with Crippen LogP contribution in [0.4, 0.5) is 23.7 Å². The number of cyclic esters (lactones) is 1. The molecule has 1 fully saturated rings. The summed E-state index contributed by atoms with van der Waals surface area (Å²) in [6, 6.07) is 2.54. The first-order valence-corrected chi connectivity index (χ1v) is 7.01. The third kappa shape index (κ3) is 2.40. The lowest BCUT2D eigenvalue weighted by Crippen LogP contribution is -2.49. The van der Waals surface area contributed by atoms with Gasteiger partial charge in [0.25, 0.3) is 5.60 Å². The van der Waals surface area contributed by atoms with Gasteiger partial charge in [-0.05, 0) is 43.4 Å². The zero-order valence-corrected chi connectivity index (χ0v) is 12.2. The van der Waals surface area contributed by atoms with E-state index in [2.05, 4.69) is 21.9 Å². The highest BCUT2D eigenvalue weighted by molar-refractivity contribution is 6.31. The van der Waals surface area contributed by atoms with Gasteiger partial charge in [0, 0.05) is 16.5 Å². The van der Waals surface area contributed by atoms with E-state index >= 15 is 0 Å². The molecule has 116 valence electrons. The van der Waals surface area contributed by atoms with E-state index in [1.807, 2.05) is 0 Å². The number of carbonyl (C=O) groups is 1. The highest BCUT2D eigenvalue weighted by atomic mass is 35.5. The van der Waals surface area contributed by atoms with E-state index in [0.29, 0.717) is 5.56 Å². The molecular weight excluding hydrogens is 319 g/mol. The molecule has 0 saturated heterocycles. The highest BCUT2D eigenvalue weighted by Gasteiger charge is 2.62. The molecule has 1 heterocycles. The molecule has 1 saturated carbocycles. The number of benzene rings is 1. The number of nitrogens with one attached hydrogen (secondary N) is 1. The molecule has 22 heavy (non-hydrogen) atoms. The number of hydrogen-bond acceptors (Lipinski definition) is 2. The molecule has 3 nitrogen and oxygen atoms in total. The number of alkyl halides is 3. The molecule has 1 amide bonds. The van der Waals surface area contributed by atoms with E-state index in [0.717, 1.165) is 18.9 Å². The van der Waals surface area contributed by atoms with Crippen molar-refractivity contribution in [3.63, 3.8) is 0 Å². The fourth-order valence-electron chi connectivity index (χ4n) is 2.21. The van der Waals surface area contributed by atoms with Crippen molar-refractivity contribution < 1.29 is 22.7 Å². The van der Waals surface area contributed by atoms with Gasteiger partial charge in [-0.25, -0.2) is 4.79 Å². The molecule has 1 aliphatic carbocycles. The van der Waals surface area contributed by atoms with Gasteiger partial charge in [0.05, 0.1) is 5.69 Å². The van der Waals surface area contributed by atoms with Crippen molar-refractivity contribution in [2.45, 2.75) is 31.5 Å². The maximum atomic E-state index is 13.7. The van der Waals surface area contributed by atoms with Crippen molar-refractivity contribution in [3.05, 3.63) is 28.3 Å². The van der Waals surface area contributed by atoms with E-state index in [9.17, 15) is 18.0 Å². The van der Waals surface area contributed by atoms with E-state index in [-0.39, 0.29) is 22.2 Å². The summed E-state index contributed by atoms with van der Waals surface area (Å²) >= 11 is 5.95. The highest BCUT2D eigenvalue weighted by Crippen LogP contribution is 2.48. The van der Waals surface area contributed by atoms with Crippen LogP contribution in [0.2, 0.25) is 5.02 Å². The number of hydrogen-bond donors (Lipinski definition) is 1. The lowest BCUT2D eigenvalue weighted by atomic mass is 9.89. The van der Waals surface area contributed by atoms with Gasteiger partial charge in [-0.2, -0.15) is 13.2 Å². The topological polar surface area (TPSA) is 38.3 Å². The minimum atomic E-state index is -4.88. The van der Waals surface area contributed by atoms with Crippen LogP contribution in [0.15, 0.2) is 12.1 Å². The van der Waals surface area contributed by atoms with Crippen LogP contribution in [0.3, 0.4) is 0 Å². The number of rotatable bonds is 0. The Balaban J connectivity index is 2.24. The number of carbonyl (C=O) groups excluding carboxylic acids is 1. The van der Waals surface area contributed by atoms with E-state index in [1.54, 1.807) is 6.92 Å². The SMILES string of the molecule is Cc1cc2c(cc1Cl)[C@@](C#CC1CC1)(C(F)(F)F)OC(=O)N2. The maximum Gasteiger partial charge on any atom is 0.445 e. The molecular formula is C15H11ClF3NO2. The molecule has 1 aliphatic heterocycles. The molecule has 0 radical (unpaired) electrons. The van der Waals surface area contributed by atoms with Crippen molar-refractivity contribution in [1.82, 2.24) is 0 Å². The summed E-state index contributed by atoms with van der Waals surface area (Å²) < 4.78 is 45.7. The quantitative estimate of drug-likeness (QED) is 0.717. The second kappa shape index (κ2) is 4.82. The molecule has 1 aromatic rings. The van der Waals surface area contributed by atoms with Crippen molar-refractivity contribution in [3.8, 4) is 11.8 Å². The molecule has 0 unspecified atom stereocenters. The molecule has 7 heteroatoms. The lowest BCUT2D eigenvalue weighted by Gasteiger charge is -2.36. The smallest absolute Gasteiger partial charge is 0.415 e. The van der Waals surface area contributed by atoms with Gasteiger partial charge in [0.2, 0.25) is 0 Å². The molecule has 1 atom stereocenters. The number of halogens is 4. The van der Waals surface area contributed by atoms with Crippen LogP contribution in [-0.4, -0.2) is 12.3 Å². The van der Waals surface area contributed by atoms with Gasteiger partial charge in [0.1, 0.15) is 0 Å². The summed E-state index contributed by atoms with van der Waals surface area (Å²) in [7, 11) is 0. The van der Waals surface area contributed by atoms with Crippen LogP contribution >= 0.6 is 11.6 Å². The average molecular weight is 330 g/mol. The Hall–Kier alpha value is -1.87. The Morgan fingerprint density at radius 1 is 1.41 bits per heavy atom. The van der Waals surface area contributed by atoms with Gasteiger partial charge in [-0.3, -0.25) is 5.32 Å². The minimum Gasteiger partial charge on any atom is -0.415 e. The Kier molecular flexibility index (Phi) is 3.29. The zero-order valence-electron chi connectivity index (χ0n) is 11.5. The van der Waals surface area contributed by atoms with Crippen molar-refractivity contribution in [2.24, 2.45) is 5.92 Å². The number of ether oxygens (including phenoxy) is 1. The fourth-order valence-corrected chi connectivity index (χ4v) is 2.38. The van der Waals surface area contributed by atoms with Gasteiger partial charge >= 0.3 is 12.3 Å². The summed E-state index contributed by atoms with van der Waals surface area (Å²) in [6.45, 7) is 1.63. The van der Waals surface area contributed by atoms with Crippen LogP contribution in [0, 0.1) is 24.7 Å². The Morgan fingerprint density at radius 2 is 2.09 bits per heavy atom. The third-order valence-electron chi connectivity index (χ3n) is 3.59. The lowest BCUT2D eigenvalue weighted by molar-refractivity contribution is -0.239. The number of fused-ring (bicyclic) bond motifs is 1. The fraction of sp³-hybridized carbons (Fsp3) is 0.400. The number of anilines is 1. The van der Waals surface area contributed by atoms with Gasteiger partial charge < -0.3 is 4.74 Å². The second-order valence-electron chi connectivity index (χ2n) is 5.38. The summed E-state index contributed by atoms with van der Waals surface area (Å²) in [6.07, 6.45) is -4.54. The predicted octanol–water partition coefficient (Wildman–Crippen LogP) is 4.38. The van der Waals surface area contributed by atoms with Crippen molar-refractivity contribution in [2.75, 3.05) is 5.32 Å². The molecule has 0 bridgehead atoms. The van der Waals surface area contributed by atoms with Crippen molar-refractivity contribution >= 4 is 23.4 Å². The summed E-state index contributed by atoms with van der Waals surface area (Å²) in [5, 5.41) is 2.42. The van der Waals surface area contributed by atoms with Crippen LogP contribution in [0.1, 0.15) is 24.0 Å². The summed E-state index contributed by atoms with van der Waals surface area (Å²) in [5.41, 5.74) is -2.71. The first kappa shape index (κ1) is 15.0. The standard InChI is InChI=1S/C15H11ClF3NO2/c1-8-6-12-10(7-11(8)16)14(15(17,18)19,22-13(21)20-12)5-4-9-2-3-9/h6-7,9H,2-3H2,1H3,(H,20,21)/t14-/m0/s1. The monoisotopic (exact) mass is 329 g/mol. The molecule has 1 N–H and O–H groups in total. The molecule has 1 aromatic carbocycles. The predicted molar refractivity (Wildman–Crippen MR) is 74.5 cm³/mol. The zero-order chi connectivity index (χ0) is 16.1. The van der Waals surface area contributed by atoms with Crippen molar-refractivity contribution in [1.29, 1.82) is 0 Å².